The van der Waals surface area contributed by atoms with E-state index in [1.807, 2.05) is 32.0 Å². The maximum atomic E-state index is 12.4. The van der Waals surface area contributed by atoms with Gasteiger partial charge in [-0.1, -0.05) is 18.9 Å². The van der Waals surface area contributed by atoms with Crippen molar-refractivity contribution in [2.24, 2.45) is 13.0 Å². The molecule has 1 aliphatic carbocycles. The Morgan fingerprint density at radius 2 is 1.68 bits per heavy atom. The first-order valence-corrected chi connectivity index (χ1v) is 8.67. The minimum Gasteiger partial charge on any atom is -0.321 e. The molecule has 1 aromatic heterocycles. The lowest BCUT2D eigenvalue weighted by Crippen LogP contribution is -2.21. The first-order valence-electron chi connectivity index (χ1n) is 8.67. The quantitative estimate of drug-likeness (QED) is 0.895. The number of hydrogen-bond acceptors (Lipinski definition) is 3. The fraction of sp³-hybridized carbons (Fsp3) is 0.421. The topological polar surface area (TPSA) is 76.0 Å². The Kier molecular flexibility index (Phi) is 4.88. The Morgan fingerprint density at radius 3 is 2.32 bits per heavy atom. The van der Waals surface area contributed by atoms with Gasteiger partial charge >= 0.3 is 0 Å². The summed E-state index contributed by atoms with van der Waals surface area (Å²) in [5.41, 5.74) is 3.19. The number of nitrogens with zero attached hydrogens (tertiary/aromatic N) is 2. The molecule has 1 aliphatic rings. The first-order chi connectivity index (χ1) is 11.9. The molecule has 1 heterocycles. The fourth-order valence-corrected chi connectivity index (χ4v) is 3.35. The molecule has 6 nitrogen and oxygen atoms in total. The van der Waals surface area contributed by atoms with Crippen LogP contribution in [-0.2, 0) is 11.8 Å². The van der Waals surface area contributed by atoms with Crippen LogP contribution < -0.4 is 10.6 Å². The van der Waals surface area contributed by atoms with Crippen LogP contribution in [0.5, 0.6) is 0 Å². The highest BCUT2D eigenvalue weighted by Crippen LogP contribution is 2.26. The van der Waals surface area contributed by atoms with E-state index < -0.39 is 0 Å². The number of benzene rings is 1. The van der Waals surface area contributed by atoms with Crippen LogP contribution in [-0.4, -0.2) is 21.6 Å². The van der Waals surface area contributed by atoms with Gasteiger partial charge in [0.2, 0.25) is 5.91 Å². The molecule has 0 spiro atoms. The van der Waals surface area contributed by atoms with E-state index in [0.717, 1.165) is 42.5 Å². The Bertz CT molecular complexity index is 784. The van der Waals surface area contributed by atoms with Crippen LogP contribution >= 0.6 is 0 Å². The second-order valence-corrected chi connectivity index (χ2v) is 6.84. The smallest absolute Gasteiger partial charge is 0.276 e. The van der Waals surface area contributed by atoms with E-state index in [4.69, 9.17) is 0 Å². The SMILES string of the molecule is Cc1cc(C)cc(NC(=O)c2cc(NC(=O)C3CCCC3)n(C)n2)c1. The van der Waals surface area contributed by atoms with E-state index in [1.165, 1.54) is 4.68 Å². The summed E-state index contributed by atoms with van der Waals surface area (Å²) in [5.74, 6) is 0.341. The molecule has 6 heteroatoms. The predicted molar refractivity (Wildman–Crippen MR) is 97.7 cm³/mol. The van der Waals surface area contributed by atoms with E-state index in [9.17, 15) is 9.59 Å². The molecular formula is C19H24N4O2. The Balaban J connectivity index is 1.70. The number of carbonyl (C=O) groups excluding carboxylic acids is 2. The van der Waals surface area contributed by atoms with Crippen molar-refractivity contribution >= 4 is 23.3 Å². The van der Waals surface area contributed by atoms with Gasteiger partial charge in [0.25, 0.3) is 5.91 Å². The normalized spacial score (nSPS) is 14.5. The van der Waals surface area contributed by atoms with Crippen LogP contribution in [0.3, 0.4) is 0 Å². The summed E-state index contributed by atoms with van der Waals surface area (Å²) in [6.45, 7) is 3.97. The number of amides is 2. The van der Waals surface area contributed by atoms with Gasteiger partial charge in [0.05, 0.1) is 0 Å². The second-order valence-electron chi connectivity index (χ2n) is 6.84. The lowest BCUT2D eigenvalue weighted by Gasteiger charge is -2.09. The zero-order valence-electron chi connectivity index (χ0n) is 14.9. The van der Waals surface area contributed by atoms with Crippen molar-refractivity contribution in [3.8, 4) is 0 Å². The van der Waals surface area contributed by atoms with Crippen molar-refractivity contribution in [2.75, 3.05) is 10.6 Å². The Labute approximate surface area is 147 Å². The maximum absolute atomic E-state index is 12.4. The zero-order valence-corrected chi connectivity index (χ0v) is 14.9. The van der Waals surface area contributed by atoms with Gasteiger partial charge in [-0.05, 0) is 49.9 Å². The highest BCUT2D eigenvalue weighted by atomic mass is 16.2. The number of aromatic nitrogens is 2. The number of aryl methyl sites for hydroxylation is 3. The zero-order chi connectivity index (χ0) is 18.0. The average molecular weight is 340 g/mol. The van der Waals surface area contributed by atoms with Gasteiger partial charge in [-0.3, -0.25) is 14.3 Å². The molecule has 132 valence electrons. The number of carbonyl (C=O) groups is 2. The predicted octanol–water partition coefficient (Wildman–Crippen LogP) is 3.42. The third-order valence-electron chi connectivity index (χ3n) is 4.57. The van der Waals surface area contributed by atoms with Gasteiger partial charge in [-0.25, -0.2) is 0 Å². The van der Waals surface area contributed by atoms with Gasteiger partial charge in [0.15, 0.2) is 5.69 Å². The Morgan fingerprint density at radius 1 is 1.04 bits per heavy atom. The molecule has 1 fully saturated rings. The molecule has 0 atom stereocenters. The molecule has 2 aromatic rings. The van der Waals surface area contributed by atoms with E-state index in [-0.39, 0.29) is 23.4 Å². The molecule has 0 bridgehead atoms. The summed E-state index contributed by atoms with van der Waals surface area (Å²) in [5, 5.41) is 9.97. The third-order valence-corrected chi connectivity index (χ3v) is 4.57. The largest absolute Gasteiger partial charge is 0.321 e. The van der Waals surface area contributed by atoms with E-state index in [2.05, 4.69) is 15.7 Å². The number of hydrogen-bond donors (Lipinski definition) is 2. The molecule has 1 saturated carbocycles. The molecule has 2 amide bonds. The third kappa shape index (κ3) is 4.07. The average Bonchev–Trinajstić information content (AvgIpc) is 3.17. The number of nitrogens with one attached hydrogen (secondary N) is 2. The van der Waals surface area contributed by atoms with Crippen molar-refractivity contribution < 1.29 is 9.59 Å². The summed E-state index contributed by atoms with van der Waals surface area (Å²) in [6.07, 6.45) is 4.08. The minimum atomic E-state index is -0.290. The molecule has 1 aromatic carbocycles. The summed E-state index contributed by atoms with van der Waals surface area (Å²) < 4.78 is 1.53. The molecule has 3 rings (SSSR count). The second kappa shape index (κ2) is 7.09. The van der Waals surface area contributed by atoms with Crippen LogP contribution in [0.15, 0.2) is 24.3 Å². The van der Waals surface area contributed by atoms with Crippen molar-refractivity contribution in [1.82, 2.24) is 9.78 Å². The van der Waals surface area contributed by atoms with Gasteiger partial charge < -0.3 is 10.6 Å². The van der Waals surface area contributed by atoms with Crippen LogP contribution in [0.1, 0.15) is 47.3 Å². The monoisotopic (exact) mass is 340 g/mol. The summed E-state index contributed by atoms with van der Waals surface area (Å²) >= 11 is 0. The lowest BCUT2D eigenvalue weighted by atomic mass is 10.1. The highest BCUT2D eigenvalue weighted by molar-refractivity contribution is 6.04. The van der Waals surface area contributed by atoms with Gasteiger partial charge in [-0.2, -0.15) is 5.10 Å². The minimum absolute atomic E-state index is 0.0155. The summed E-state index contributed by atoms with van der Waals surface area (Å²) in [6, 6.07) is 7.49. The van der Waals surface area contributed by atoms with Gasteiger partial charge in [-0.15, -0.1) is 0 Å². The van der Waals surface area contributed by atoms with Crippen molar-refractivity contribution in [3.63, 3.8) is 0 Å². The summed E-state index contributed by atoms with van der Waals surface area (Å²) in [4.78, 5) is 24.7. The first kappa shape index (κ1) is 17.2. The van der Waals surface area contributed by atoms with E-state index in [0.29, 0.717) is 5.82 Å². The van der Waals surface area contributed by atoms with Gasteiger partial charge in [0.1, 0.15) is 5.82 Å². The molecule has 25 heavy (non-hydrogen) atoms. The molecule has 0 radical (unpaired) electrons. The standard InChI is InChI=1S/C19H24N4O2/c1-12-8-13(2)10-15(9-12)20-19(25)16-11-17(23(3)22-16)21-18(24)14-6-4-5-7-14/h8-11,14H,4-7H2,1-3H3,(H,20,25)(H,21,24). The van der Waals surface area contributed by atoms with Crippen LogP contribution in [0, 0.1) is 19.8 Å². The summed E-state index contributed by atoms with van der Waals surface area (Å²) in [7, 11) is 1.72. The number of rotatable bonds is 4. The molecule has 0 saturated heterocycles. The van der Waals surface area contributed by atoms with Crippen molar-refractivity contribution in [3.05, 3.63) is 41.1 Å². The van der Waals surface area contributed by atoms with Crippen LogP contribution in [0.25, 0.3) is 0 Å². The van der Waals surface area contributed by atoms with Crippen LogP contribution in [0.4, 0.5) is 11.5 Å². The Hall–Kier alpha value is -2.63. The number of anilines is 2. The van der Waals surface area contributed by atoms with Gasteiger partial charge in [0, 0.05) is 24.7 Å². The van der Waals surface area contributed by atoms with Crippen molar-refractivity contribution in [2.45, 2.75) is 39.5 Å². The lowest BCUT2D eigenvalue weighted by molar-refractivity contribution is -0.119. The van der Waals surface area contributed by atoms with Crippen molar-refractivity contribution in [1.29, 1.82) is 0 Å². The molecule has 2 N–H and O–H groups in total. The van der Waals surface area contributed by atoms with E-state index in [1.54, 1.807) is 13.1 Å². The fourth-order valence-electron chi connectivity index (χ4n) is 3.35. The van der Waals surface area contributed by atoms with E-state index >= 15 is 0 Å². The maximum Gasteiger partial charge on any atom is 0.276 e. The molecular weight excluding hydrogens is 316 g/mol. The molecule has 0 unspecified atom stereocenters. The highest BCUT2D eigenvalue weighted by Gasteiger charge is 2.24. The van der Waals surface area contributed by atoms with Crippen LogP contribution in [0.2, 0.25) is 0 Å². The molecule has 0 aliphatic heterocycles.